The summed E-state index contributed by atoms with van der Waals surface area (Å²) < 4.78 is 33.6. The van der Waals surface area contributed by atoms with E-state index in [4.69, 9.17) is 0 Å². The quantitative estimate of drug-likeness (QED) is 0.598. The largest absolute Gasteiger partial charge is 0.434 e. The summed E-state index contributed by atoms with van der Waals surface area (Å²) in [5.74, 6) is 0.261. The lowest BCUT2D eigenvalue weighted by atomic mass is 10.1. The van der Waals surface area contributed by atoms with Crippen LogP contribution >= 0.6 is 0 Å². The van der Waals surface area contributed by atoms with Gasteiger partial charge in [0, 0.05) is 50.9 Å². The van der Waals surface area contributed by atoms with Gasteiger partial charge < -0.3 is 19.5 Å². The Morgan fingerprint density at radius 1 is 1.21 bits per heavy atom. The molecule has 11 heteroatoms. The third-order valence-corrected chi connectivity index (χ3v) is 6.25. The van der Waals surface area contributed by atoms with Gasteiger partial charge in [0.05, 0.1) is 17.5 Å². The molecule has 1 saturated heterocycles. The standard InChI is InChI=1S/C23H24F2N6O3/c1-29-20(16(12-26-29)22(33)30-8-4-9-30)21(32)27-14-7-10-31-13-17(28-19(31)11-14)15-5-2-3-6-18(15)34-23(24)25/h2-3,5-6,12-14,23H,4,7-11H2,1H3,(H,27,32)/t14-/m1/s1. The molecule has 4 heterocycles. The Bertz CT molecular complexity index is 1230. The maximum atomic E-state index is 13.1. The molecule has 34 heavy (non-hydrogen) atoms. The summed E-state index contributed by atoms with van der Waals surface area (Å²) in [6.07, 6.45) is 5.34. The number of aromatic nitrogens is 4. The van der Waals surface area contributed by atoms with Crippen molar-refractivity contribution in [3.8, 4) is 17.0 Å². The number of aryl methyl sites for hydroxylation is 2. The lowest BCUT2D eigenvalue weighted by Gasteiger charge is -2.30. The molecule has 0 unspecified atom stereocenters. The van der Waals surface area contributed by atoms with E-state index in [2.05, 4.69) is 20.1 Å². The number of fused-ring (bicyclic) bond motifs is 1. The van der Waals surface area contributed by atoms with Crippen LogP contribution in [0.1, 0.15) is 39.5 Å². The molecule has 5 rings (SSSR count). The van der Waals surface area contributed by atoms with E-state index in [1.54, 1.807) is 30.1 Å². The molecule has 178 valence electrons. The van der Waals surface area contributed by atoms with Crippen molar-refractivity contribution >= 4 is 11.8 Å². The fourth-order valence-electron chi connectivity index (χ4n) is 4.36. The maximum Gasteiger partial charge on any atom is 0.387 e. The van der Waals surface area contributed by atoms with E-state index < -0.39 is 6.61 Å². The van der Waals surface area contributed by atoms with Crippen LogP contribution in [0.4, 0.5) is 8.78 Å². The number of rotatable bonds is 6. The van der Waals surface area contributed by atoms with E-state index in [0.29, 0.717) is 49.3 Å². The molecule has 0 aliphatic carbocycles. The van der Waals surface area contributed by atoms with Gasteiger partial charge in [-0.3, -0.25) is 14.3 Å². The summed E-state index contributed by atoms with van der Waals surface area (Å²) in [6.45, 7) is -0.944. The minimum absolute atomic E-state index is 0.0633. The van der Waals surface area contributed by atoms with Gasteiger partial charge in [-0.25, -0.2) is 4.98 Å². The Labute approximate surface area is 194 Å². The number of para-hydroxylation sites is 1. The first kappa shape index (κ1) is 22.1. The Hall–Kier alpha value is -3.76. The molecule has 0 radical (unpaired) electrons. The second-order valence-electron chi connectivity index (χ2n) is 8.45. The minimum Gasteiger partial charge on any atom is -0.434 e. The summed E-state index contributed by atoms with van der Waals surface area (Å²) in [5, 5.41) is 7.13. The zero-order valence-electron chi connectivity index (χ0n) is 18.6. The number of benzene rings is 1. The first-order valence-electron chi connectivity index (χ1n) is 11.1. The first-order valence-corrected chi connectivity index (χ1v) is 11.1. The van der Waals surface area contributed by atoms with Crippen molar-refractivity contribution in [2.24, 2.45) is 7.05 Å². The Kier molecular flexibility index (Phi) is 5.76. The van der Waals surface area contributed by atoms with Gasteiger partial charge >= 0.3 is 6.61 Å². The number of imidazole rings is 1. The summed E-state index contributed by atoms with van der Waals surface area (Å²) in [4.78, 5) is 32.1. The Morgan fingerprint density at radius 2 is 2.00 bits per heavy atom. The van der Waals surface area contributed by atoms with Crippen LogP contribution in [0.15, 0.2) is 36.7 Å². The van der Waals surface area contributed by atoms with Crippen molar-refractivity contribution in [2.75, 3.05) is 13.1 Å². The smallest absolute Gasteiger partial charge is 0.387 e. The zero-order valence-corrected chi connectivity index (χ0v) is 18.6. The van der Waals surface area contributed by atoms with Crippen LogP contribution in [0, 0.1) is 0 Å². The van der Waals surface area contributed by atoms with Gasteiger partial charge in [0.15, 0.2) is 0 Å². The molecule has 0 saturated carbocycles. The Balaban J connectivity index is 1.31. The number of carbonyl (C=O) groups excluding carboxylic acids is 2. The number of nitrogens with one attached hydrogen (secondary N) is 1. The van der Waals surface area contributed by atoms with E-state index in [-0.39, 0.29) is 29.3 Å². The third kappa shape index (κ3) is 4.13. The second kappa shape index (κ2) is 8.88. The summed E-state index contributed by atoms with van der Waals surface area (Å²) in [5.41, 5.74) is 1.56. The highest BCUT2D eigenvalue weighted by atomic mass is 19.3. The van der Waals surface area contributed by atoms with Crippen LogP contribution in [-0.4, -0.2) is 61.8 Å². The molecular formula is C23H24F2N6O3. The van der Waals surface area contributed by atoms with Crippen LogP contribution < -0.4 is 10.1 Å². The highest BCUT2D eigenvalue weighted by molar-refractivity contribution is 6.06. The van der Waals surface area contributed by atoms with Crippen molar-refractivity contribution < 1.29 is 23.1 Å². The average Bonchev–Trinajstić information content (AvgIpc) is 3.35. The molecule has 1 N–H and O–H groups in total. The van der Waals surface area contributed by atoms with E-state index in [1.165, 1.54) is 16.9 Å². The van der Waals surface area contributed by atoms with Crippen molar-refractivity contribution in [1.82, 2.24) is 29.5 Å². The van der Waals surface area contributed by atoms with Crippen molar-refractivity contribution in [3.63, 3.8) is 0 Å². The van der Waals surface area contributed by atoms with E-state index in [1.807, 2.05) is 10.8 Å². The number of hydrogen-bond donors (Lipinski definition) is 1. The SMILES string of the molecule is Cn1ncc(C(=O)N2CCC2)c1C(=O)N[C@@H]1CCn2cc(-c3ccccc3OC(F)F)nc2C1. The van der Waals surface area contributed by atoms with Gasteiger partial charge in [0.25, 0.3) is 11.8 Å². The number of carbonyl (C=O) groups is 2. The molecule has 2 amide bonds. The van der Waals surface area contributed by atoms with Crippen LogP contribution in [0.25, 0.3) is 11.3 Å². The zero-order chi connectivity index (χ0) is 23.8. The molecule has 1 fully saturated rings. The number of hydrogen-bond acceptors (Lipinski definition) is 5. The highest BCUT2D eigenvalue weighted by Gasteiger charge is 2.30. The molecule has 2 aromatic heterocycles. The number of halogens is 2. The van der Waals surface area contributed by atoms with Crippen LogP contribution in [0.3, 0.4) is 0 Å². The van der Waals surface area contributed by atoms with Crippen molar-refractivity contribution in [2.45, 2.75) is 38.5 Å². The Morgan fingerprint density at radius 3 is 2.74 bits per heavy atom. The highest BCUT2D eigenvalue weighted by Crippen LogP contribution is 2.31. The van der Waals surface area contributed by atoms with E-state index in [9.17, 15) is 18.4 Å². The average molecular weight is 470 g/mol. The molecule has 0 spiro atoms. The van der Waals surface area contributed by atoms with Gasteiger partial charge in [-0.2, -0.15) is 13.9 Å². The van der Waals surface area contributed by atoms with Gasteiger partial charge in [0.2, 0.25) is 0 Å². The lowest BCUT2D eigenvalue weighted by molar-refractivity contribution is -0.0494. The summed E-state index contributed by atoms with van der Waals surface area (Å²) >= 11 is 0. The summed E-state index contributed by atoms with van der Waals surface area (Å²) in [6, 6.07) is 6.34. The number of alkyl halides is 2. The fourth-order valence-corrected chi connectivity index (χ4v) is 4.36. The summed E-state index contributed by atoms with van der Waals surface area (Å²) in [7, 11) is 1.64. The van der Waals surface area contributed by atoms with Crippen molar-refractivity contribution in [3.05, 3.63) is 53.7 Å². The van der Waals surface area contributed by atoms with Crippen LogP contribution in [-0.2, 0) is 20.0 Å². The predicted molar refractivity (Wildman–Crippen MR) is 118 cm³/mol. The lowest BCUT2D eigenvalue weighted by Crippen LogP contribution is -2.44. The molecule has 0 bridgehead atoms. The number of likely N-dealkylation sites (tertiary alicyclic amines) is 1. The normalized spacial score (nSPS) is 17.3. The number of nitrogens with zero attached hydrogens (tertiary/aromatic N) is 5. The predicted octanol–water partition coefficient (Wildman–Crippen LogP) is 2.48. The topological polar surface area (TPSA) is 94.3 Å². The van der Waals surface area contributed by atoms with E-state index in [0.717, 1.165) is 12.2 Å². The molecule has 9 nitrogen and oxygen atoms in total. The first-order chi connectivity index (χ1) is 16.4. The van der Waals surface area contributed by atoms with Gasteiger partial charge in [-0.05, 0) is 25.0 Å². The molecule has 2 aliphatic heterocycles. The fraction of sp³-hybridized carbons (Fsp3) is 0.391. The number of amides is 2. The van der Waals surface area contributed by atoms with E-state index >= 15 is 0 Å². The molecule has 1 aromatic carbocycles. The second-order valence-corrected chi connectivity index (χ2v) is 8.45. The van der Waals surface area contributed by atoms with Crippen molar-refractivity contribution in [1.29, 1.82) is 0 Å². The molecule has 3 aromatic rings. The monoisotopic (exact) mass is 470 g/mol. The van der Waals surface area contributed by atoms with Gasteiger partial charge in [-0.15, -0.1) is 0 Å². The van der Waals surface area contributed by atoms with Gasteiger partial charge in [0.1, 0.15) is 17.3 Å². The molecular weight excluding hydrogens is 446 g/mol. The van der Waals surface area contributed by atoms with Crippen LogP contribution in [0.2, 0.25) is 0 Å². The van der Waals surface area contributed by atoms with Gasteiger partial charge in [-0.1, -0.05) is 12.1 Å². The minimum atomic E-state index is -2.93. The van der Waals surface area contributed by atoms with Crippen LogP contribution in [0.5, 0.6) is 5.75 Å². The maximum absolute atomic E-state index is 13.1. The number of ether oxygens (including phenoxy) is 1. The third-order valence-electron chi connectivity index (χ3n) is 6.25. The molecule has 1 atom stereocenters. The molecule has 2 aliphatic rings.